The average molecular weight is 474 g/mol. The number of carbonyl (C=O) groups is 2. The van der Waals surface area contributed by atoms with Crippen LogP contribution in [0.3, 0.4) is 0 Å². The summed E-state index contributed by atoms with van der Waals surface area (Å²) in [4.78, 5) is 34.0. The normalized spacial score (nSPS) is 25.2. The van der Waals surface area contributed by atoms with Crippen LogP contribution in [-0.4, -0.2) is 77.3 Å². The summed E-state index contributed by atoms with van der Waals surface area (Å²) in [5.41, 5.74) is 3.58. The third kappa shape index (κ3) is 5.07. The van der Waals surface area contributed by atoms with Crippen molar-refractivity contribution in [1.29, 1.82) is 0 Å². The Kier molecular flexibility index (Phi) is 6.66. The van der Waals surface area contributed by atoms with Crippen LogP contribution < -0.4 is 10.2 Å². The van der Waals surface area contributed by atoms with Gasteiger partial charge in [-0.2, -0.15) is 4.99 Å². The Morgan fingerprint density at radius 1 is 1.18 bits per heavy atom. The lowest BCUT2D eigenvalue weighted by Crippen LogP contribution is -2.45. The SMILES string of the molecule is O=C1N=C(N2CCCCN2)S/C1=C\c1cc(F)ccc1OC(=O)N1CCC(N2CCCC2)C1. The van der Waals surface area contributed by atoms with Crippen molar-refractivity contribution in [1.82, 2.24) is 20.2 Å². The van der Waals surface area contributed by atoms with E-state index in [0.717, 1.165) is 45.4 Å². The van der Waals surface area contributed by atoms with E-state index >= 15 is 0 Å². The van der Waals surface area contributed by atoms with Crippen molar-refractivity contribution in [3.63, 3.8) is 0 Å². The number of aliphatic imine (C=N–C) groups is 1. The summed E-state index contributed by atoms with van der Waals surface area (Å²) in [6.07, 6.45) is 6.58. The number of benzene rings is 1. The number of carbonyl (C=O) groups excluding carboxylic acids is 2. The molecule has 1 unspecified atom stereocenters. The fourth-order valence-electron chi connectivity index (χ4n) is 4.70. The Morgan fingerprint density at radius 2 is 2.00 bits per heavy atom. The monoisotopic (exact) mass is 473 g/mol. The van der Waals surface area contributed by atoms with E-state index in [-0.39, 0.29) is 11.7 Å². The van der Waals surface area contributed by atoms with Crippen molar-refractivity contribution in [3.05, 3.63) is 34.5 Å². The molecular formula is C23H28FN5O3S. The smallest absolute Gasteiger partial charge is 0.410 e. The van der Waals surface area contributed by atoms with Crippen LogP contribution in [0.15, 0.2) is 28.1 Å². The lowest BCUT2D eigenvalue weighted by Gasteiger charge is -2.28. The minimum atomic E-state index is -0.466. The third-order valence-corrected chi connectivity index (χ3v) is 7.49. The molecule has 1 aromatic rings. The molecule has 0 saturated carbocycles. The standard InChI is InChI=1S/C23H28FN5O3S/c24-17-5-6-19(32-23(31)28-12-7-18(15-28)27-9-3-4-10-27)16(13-17)14-20-21(30)26-22(33-20)29-11-2-1-8-25-29/h5-6,13-14,18,25H,1-4,7-12,15H2/b20-14-. The molecule has 0 radical (unpaired) electrons. The van der Waals surface area contributed by atoms with E-state index in [9.17, 15) is 14.0 Å². The zero-order valence-electron chi connectivity index (χ0n) is 18.5. The molecule has 10 heteroatoms. The minimum absolute atomic E-state index is 0.233. The number of amidine groups is 1. The number of nitrogens with zero attached hydrogens (tertiary/aromatic N) is 4. The average Bonchev–Trinajstić information content (AvgIpc) is 3.57. The van der Waals surface area contributed by atoms with Crippen molar-refractivity contribution >= 4 is 35.0 Å². The van der Waals surface area contributed by atoms with Crippen molar-refractivity contribution in [2.75, 3.05) is 39.3 Å². The zero-order chi connectivity index (χ0) is 22.8. The van der Waals surface area contributed by atoms with Crippen LogP contribution in [0.2, 0.25) is 0 Å². The van der Waals surface area contributed by atoms with Gasteiger partial charge in [0.1, 0.15) is 11.6 Å². The molecule has 4 heterocycles. The Hall–Kier alpha value is -2.43. The fraction of sp³-hybridized carbons (Fsp3) is 0.522. The fourth-order valence-corrected chi connectivity index (χ4v) is 5.61. The topological polar surface area (TPSA) is 77.5 Å². The van der Waals surface area contributed by atoms with Gasteiger partial charge in [0.05, 0.1) is 4.91 Å². The molecule has 1 atom stereocenters. The van der Waals surface area contributed by atoms with Gasteiger partial charge in [-0.3, -0.25) is 14.7 Å². The number of rotatable bonds is 3. The Labute approximate surface area is 196 Å². The molecule has 0 aromatic heterocycles. The van der Waals surface area contributed by atoms with E-state index in [2.05, 4.69) is 15.3 Å². The van der Waals surface area contributed by atoms with Crippen LogP contribution in [0, 0.1) is 5.82 Å². The molecule has 33 heavy (non-hydrogen) atoms. The number of ether oxygens (including phenoxy) is 1. The van der Waals surface area contributed by atoms with E-state index in [1.54, 1.807) is 11.0 Å². The van der Waals surface area contributed by atoms with Crippen molar-refractivity contribution in [2.45, 2.75) is 38.1 Å². The molecule has 3 saturated heterocycles. The Bertz CT molecular complexity index is 988. The molecular weight excluding hydrogens is 445 g/mol. The van der Waals surface area contributed by atoms with Crippen molar-refractivity contribution < 1.29 is 18.7 Å². The quantitative estimate of drug-likeness (QED) is 0.676. The predicted octanol–water partition coefficient (Wildman–Crippen LogP) is 3.07. The number of hydrogen-bond acceptors (Lipinski definition) is 7. The first-order chi connectivity index (χ1) is 16.1. The summed E-state index contributed by atoms with van der Waals surface area (Å²) in [5, 5.41) is 2.47. The van der Waals surface area contributed by atoms with Crippen LogP contribution in [0.5, 0.6) is 5.75 Å². The van der Waals surface area contributed by atoms with Gasteiger partial charge in [0.25, 0.3) is 5.91 Å². The maximum atomic E-state index is 14.0. The maximum absolute atomic E-state index is 14.0. The van der Waals surface area contributed by atoms with E-state index in [1.165, 1.54) is 42.8 Å². The van der Waals surface area contributed by atoms with Crippen molar-refractivity contribution in [3.8, 4) is 5.75 Å². The van der Waals surface area contributed by atoms with Crippen LogP contribution >= 0.6 is 11.8 Å². The second-order valence-corrected chi connectivity index (χ2v) is 9.77. The lowest BCUT2D eigenvalue weighted by atomic mass is 10.2. The molecule has 5 rings (SSSR count). The highest BCUT2D eigenvalue weighted by Gasteiger charge is 2.33. The number of nitrogens with one attached hydrogen (secondary N) is 1. The molecule has 0 spiro atoms. The number of halogens is 1. The highest BCUT2D eigenvalue weighted by Crippen LogP contribution is 2.33. The molecule has 0 aliphatic carbocycles. The first kappa shape index (κ1) is 22.4. The van der Waals surface area contributed by atoms with Gasteiger partial charge >= 0.3 is 6.09 Å². The van der Waals surface area contributed by atoms with Crippen LogP contribution in [0.1, 0.15) is 37.7 Å². The highest BCUT2D eigenvalue weighted by molar-refractivity contribution is 8.18. The molecule has 4 aliphatic heterocycles. The van der Waals surface area contributed by atoms with Crippen molar-refractivity contribution in [2.24, 2.45) is 4.99 Å². The summed E-state index contributed by atoms with van der Waals surface area (Å²) in [6, 6.07) is 4.34. The van der Waals surface area contributed by atoms with Gasteiger partial charge in [-0.25, -0.2) is 14.6 Å². The summed E-state index contributed by atoms with van der Waals surface area (Å²) in [5.74, 6) is -0.611. The highest BCUT2D eigenvalue weighted by atomic mass is 32.2. The van der Waals surface area contributed by atoms with Crippen LogP contribution in [0.4, 0.5) is 9.18 Å². The summed E-state index contributed by atoms with van der Waals surface area (Å²) >= 11 is 1.24. The summed E-state index contributed by atoms with van der Waals surface area (Å²) in [7, 11) is 0. The number of thioether (sulfide) groups is 1. The maximum Gasteiger partial charge on any atom is 0.415 e. The van der Waals surface area contributed by atoms with Gasteiger partial charge in [-0.1, -0.05) is 0 Å². The van der Waals surface area contributed by atoms with Crippen LogP contribution in [0.25, 0.3) is 6.08 Å². The van der Waals surface area contributed by atoms with Gasteiger partial charge in [-0.05, 0) is 81.2 Å². The summed E-state index contributed by atoms with van der Waals surface area (Å²) < 4.78 is 19.7. The van der Waals surface area contributed by atoms with E-state index in [1.807, 2.05) is 5.01 Å². The first-order valence-corrected chi connectivity index (χ1v) is 12.4. The largest absolute Gasteiger partial charge is 0.415 e. The Balaban J connectivity index is 1.27. The van der Waals surface area contributed by atoms with E-state index < -0.39 is 11.9 Å². The zero-order valence-corrected chi connectivity index (χ0v) is 19.3. The molecule has 4 aliphatic rings. The first-order valence-electron chi connectivity index (χ1n) is 11.6. The van der Waals surface area contributed by atoms with Gasteiger partial charge in [-0.15, -0.1) is 0 Å². The predicted molar refractivity (Wildman–Crippen MR) is 125 cm³/mol. The van der Waals surface area contributed by atoms with Crippen LogP contribution in [-0.2, 0) is 4.79 Å². The third-order valence-electron chi connectivity index (χ3n) is 6.49. The van der Waals surface area contributed by atoms with Gasteiger partial charge < -0.3 is 9.64 Å². The van der Waals surface area contributed by atoms with Gasteiger partial charge in [0, 0.05) is 37.8 Å². The van der Waals surface area contributed by atoms with Gasteiger partial charge in [0.2, 0.25) is 0 Å². The molecule has 176 valence electrons. The second-order valence-electron chi connectivity index (χ2n) is 8.76. The number of hydrogen-bond donors (Lipinski definition) is 1. The van der Waals surface area contributed by atoms with Gasteiger partial charge in [0.15, 0.2) is 5.17 Å². The number of amides is 2. The second kappa shape index (κ2) is 9.82. The van der Waals surface area contributed by atoms with E-state index in [0.29, 0.717) is 34.8 Å². The summed E-state index contributed by atoms with van der Waals surface area (Å²) in [6.45, 7) is 5.09. The number of hydrazine groups is 1. The van der Waals surface area contributed by atoms with E-state index in [4.69, 9.17) is 4.74 Å². The number of likely N-dealkylation sites (tertiary alicyclic amines) is 2. The lowest BCUT2D eigenvalue weighted by molar-refractivity contribution is -0.113. The molecule has 3 fully saturated rings. The molecule has 2 amide bonds. The minimum Gasteiger partial charge on any atom is -0.410 e. The Morgan fingerprint density at radius 3 is 2.79 bits per heavy atom. The molecule has 0 bridgehead atoms. The molecule has 1 N–H and O–H groups in total. The molecule has 1 aromatic carbocycles. The molecule has 8 nitrogen and oxygen atoms in total.